The van der Waals surface area contributed by atoms with E-state index in [1.54, 1.807) is 0 Å². The van der Waals surface area contributed by atoms with Gasteiger partial charge in [0.15, 0.2) is 0 Å². The van der Waals surface area contributed by atoms with E-state index in [1.165, 1.54) is 0 Å². The van der Waals surface area contributed by atoms with Crippen LogP contribution in [0.1, 0.15) is 44.2 Å². The SMILES string of the molecule is CC(C)n1cc(Br)cc1C(=O)NC(C)(C)CN.Cl. The fraction of sp³-hybridized carbons (Fsp3) is 0.583. The largest absolute Gasteiger partial charge is 0.345 e. The van der Waals surface area contributed by atoms with Gasteiger partial charge in [-0.3, -0.25) is 4.79 Å². The van der Waals surface area contributed by atoms with Gasteiger partial charge in [0.25, 0.3) is 5.91 Å². The topological polar surface area (TPSA) is 60.0 Å². The molecule has 4 nitrogen and oxygen atoms in total. The van der Waals surface area contributed by atoms with Crippen molar-refractivity contribution >= 4 is 34.2 Å². The molecule has 0 fully saturated rings. The second-order valence-corrected chi connectivity index (χ2v) is 6.00. The van der Waals surface area contributed by atoms with E-state index in [1.807, 2.05) is 44.5 Å². The number of nitrogens with zero attached hydrogens (tertiary/aromatic N) is 1. The lowest BCUT2D eigenvalue weighted by Gasteiger charge is -2.25. The van der Waals surface area contributed by atoms with Crippen LogP contribution in [-0.4, -0.2) is 22.6 Å². The molecule has 0 atom stereocenters. The summed E-state index contributed by atoms with van der Waals surface area (Å²) in [5.41, 5.74) is 5.86. The standard InChI is InChI=1S/C12H20BrN3O.ClH/c1-8(2)16-6-9(13)5-10(16)11(17)15-12(3,4)7-14;/h5-6,8H,7,14H2,1-4H3,(H,15,17);1H. The fourth-order valence-corrected chi connectivity index (χ4v) is 1.91. The maximum absolute atomic E-state index is 12.1. The number of amides is 1. The summed E-state index contributed by atoms with van der Waals surface area (Å²) in [6.07, 6.45) is 1.91. The molecule has 0 aromatic carbocycles. The van der Waals surface area contributed by atoms with Gasteiger partial charge in [-0.05, 0) is 49.7 Å². The van der Waals surface area contributed by atoms with E-state index in [-0.39, 0.29) is 24.4 Å². The zero-order valence-electron chi connectivity index (χ0n) is 11.2. The summed E-state index contributed by atoms with van der Waals surface area (Å²) in [7, 11) is 0. The van der Waals surface area contributed by atoms with Gasteiger partial charge in [-0.25, -0.2) is 0 Å². The van der Waals surface area contributed by atoms with Crippen LogP contribution in [0, 0.1) is 0 Å². The Labute approximate surface area is 123 Å². The van der Waals surface area contributed by atoms with Crippen LogP contribution >= 0.6 is 28.3 Å². The van der Waals surface area contributed by atoms with Gasteiger partial charge in [-0.1, -0.05) is 0 Å². The first kappa shape index (κ1) is 17.5. The van der Waals surface area contributed by atoms with Crippen LogP contribution in [-0.2, 0) is 0 Å². The minimum absolute atomic E-state index is 0. The second kappa shape index (κ2) is 6.59. The Morgan fingerprint density at radius 2 is 2.11 bits per heavy atom. The van der Waals surface area contributed by atoms with Gasteiger partial charge in [0, 0.05) is 28.8 Å². The van der Waals surface area contributed by atoms with Crippen LogP contribution < -0.4 is 11.1 Å². The van der Waals surface area contributed by atoms with E-state index >= 15 is 0 Å². The third kappa shape index (κ3) is 4.30. The Hall–Kier alpha value is -0.520. The predicted molar refractivity (Wildman–Crippen MR) is 80.4 cm³/mol. The molecule has 0 aliphatic heterocycles. The monoisotopic (exact) mass is 337 g/mol. The lowest BCUT2D eigenvalue weighted by Crippen LogP contribution is -2.49. The molecule has 0 aliphatic rings. The first-order valence-electron chi connectivity index (χ1n) is 5.67. The van der Waals surface area contributed by atoms with Gasteiger partial charge in [0.2, 0.25) is 0 Å². The highest BCUT2D eigenvalue weighted by molar-refractivity contribution is 9.10. The third-order valence-electron chi connectivity index (χ3n) is 2.57. The second-order valence-electron chi connectivity index (χ2n) is 5.09. The molecule has 1 amide bonds. The Morgan fingerprint density at radius 3 is 2.56 bits per heavy atom. The summed E-state index contributed by atoms with van der Waals surface area (Å²) in [4.78, 5) is 12.1. The minimum Gasteiger partial charge on any atom is -0.345 e. The minimum atomic E-state index is -0.393. The zero-order valence-corrected chi connectivity index (χ0v) is 13.6. The van der Waals surface area contributed by atoms with Crippen LogP contribution in [0.5, 0.6) is 0 Å². The molecule has 1 heterocycles. The molecule has 0 spiro atoms. The molecule has 18 heavy (non-hydrogen) atoms. The number of rotatable bonds is 4. The maximum Gasteiger partial charge on any atom is 0.268 e. The maximum atomic E-state index is 12.1. The first-order chi connectivity index (χ1) is 7.76. The summed E-state index contributed by atoms with van der Waals surface area (Å²) in [5, 5.41) is 2.93. The number of nitrogens with one attached hydrogen (secondary N) is 1. The normalized spacial score (nSPS) is 11.3. The average Bonchev–Trinajstić information content (AvgIpc) is 2.60. The van der Waals surface area contributed by atoms with Gasteiger partial charge in [-0.2, -0.15) is 0 Å². The molecule has 0 aliphatic carbocycles. The molecule has 6 heteroatoms. The summed E-state index contributed by atoms with van der Waals surface area (Å²) in [5.74, 6) is -0.0974. The molecule has 3 N–H and O–H groups in total. The highest BCUT2D eigenvalue weighted by Gasteiger charge is 2.22. The van der Waals surface area contributed by atoms with E-state index in [9.17, 15) is 4.79 Å². The van der Waals surface area contributed by atoms with Crippen molar-refractivity contribution in [2.24, 2.45) is 5.73 Å². The molecule has 0 saturated heterocycles. The Morgan fingerprint density at radius 1 is 1.56 bits per heavy atom. The molecule has 0 bridgehead atoms. The smallest absolute Gasteiger partial charge is 0.268 e. The molecule has 104 valence electrons. The highest BCUT2D eigenvalue weighted by atomic mass is 79.9. The van der Waals surface area contributed by atoms with Crippen molar-refractivity contribution < 1.29 is 4.79 Å². The Kier molecular flexibility index (Phi) is 6.40. The number of nitrogens with two attached hydrogens (primary N) is 1. The molecule has 0 saturated carbocycles. The van der Waals surface area contributed by atoms with Crippen molar-refractivity contribution in [1.29, 1.82) is 0 Å². The number of carbonyl (C=O) groups is 1. The number of carbonyl (C=O) groups excluding carboxylic acids is 1. The Bertz CT molecular complexity index is 415. The van der Waals surface area contributed by atoms with E-state index in [0.29, 0.717) is 12.2 Å². The summed E-state index contributed by atoms with van der Waals surface area (Å²) < 4.78 is 2.84. The molecule has 0 unspecified atom stereocenters. The van der Waals surface area contributed by atoms with Crippen molar-refractivity contribution in [3.8, 4) is 0 Å². The lowest BCUT2D eigenvalue weighted by atomic mass is 10.1. The third-order valence-corrected chi connectivity index (χ3v) is 3.00. The molecule has 0 radical (unpaired) electrons. The van der Waals surface area contributed by atoms with Crippen LogP contribution in [0.25, 0.3) is 0 Å². The van der Waals surface area contributed by atoms with Crippen molar-refractivity contribution in [2.75, 3.05) is 6.54 Å². The predicted octanol–water partition coefficient (Wildman–Crippen LogP) is 2.72. The summed E-state index contributed by atoms with van der Waals surface area (Å²) in [6, 6.07) is 2.06. The number of halogens is 2. The zero-order chi connectivity index (χ0) is 13.2. The van der Waals surface area contributed by atoms with Gasteiger partial charge >= 0.3 is 0 Å². The van der Waals surface area contributed by atoms with Gasteiger partial charge < -0.3 is 15.6 Å². The Balaban J connectivity index is 0.00000289. The van der Waals surface area contributed by atoms with Gasteiger partial charge in [0.1, 0.15) is 5.69 Å². The van der Waals surface area contributed by atoms with Crippen molar-refractivity contribution in [2.45, 2.75) is 39.3 Å². The van der Waals surface area contributed by atoms with Crippen molar-refractivity contribution in [1.82, 2.24) is 9.88 Å². The van der Waals surface area contributed by atoms with E-state index < -0.39 is 5.54 Å². The van der Waals surface area contributed by atoms with Crippen LogP contribution in [0.2, 0.25) is 0 Å². The van der Waals surface area contributed by atoms with Crippen LogP contribution in [0.3, 0.4) is 0 Å². The quantitative estimate of drug-likeness (QED) is 0.887. The lowest BCUT2D eigenvalue weighted by molar-refractivity contribution is 0.0904. The van der Waals surface area contributed by atoms with Crippen molar-refractivity contribution in [3.63, 3.8) is 0 Å². The van der Waals surface area contributed by atoms with E-state index in [4.69, 9.17) is 5.73 Å². The number of aromatic nitrogens is 1. The molecule has 1 aromatic rings. The summed E-state index contributed by atoms with van der Waals surface area (Å²) in [6.45, 7) is 8.29. The highest BCUT2D eigenvalue weighted by Crippen LogP contribution is 2.19. The number of hydrogen-bond acceptors (Lipinski definition) is 2. The molecule has 1 aromatic heterocycles. The van der Waals surface area contributed by atoms with E-state index in [2.05, 4.69) is 21.2 Å². The van der Waals surface area contributed by atoms with Gasteiger partial charge in [-0.15, -0.1) is 12.4 Å². The molecule has 1 rings (SSSR count). The van der Waals surface area contributed by atoms with Crippen LogP contribution in [0.15, 0.2) is 16.7 Å². The van der Waals surface area contributed by atoms with Crippen LogP contribution in [0.4, 0.5) is 0 Å². The fourth-order valence-electron chi connectivity index (χ4n) is 1.48. The number of hydrogen-bond donors (Lipinski definition) is 2. The molecular formula is C12H21BrClN3O. The van der Waals surface area contributed by atoms with E-state index in [0.717, 1.165) is 4.47 Å². The van der Waals surface area contributed by atoms with Gasteiger partial charge in [0.05, 0.1) is 0 Å². The first-order valence-corrected chi connectivity index (χ1v) is 6.46. The average molecular weight is 339 g/mol. The van der Waals surface area contributed by atoms with Crippen molar-refractivity contribution in [3.05, 3.63) is 22.4 Å². The molecular weight excluding hydrogens is 318 g/mol. The summed E-state index contributed by atoms with van der Waals surface area (Å²) >= 11 is 3.39.